The molecule has 2 N–H and O–H groups in total. The van der Waals surface area contributed by atoms with Crippen LogP contribution in [-0.2, 0) is 9.59 Å². The standard InChI is InChI=1S/C18H16ClN3O3/c1-11-4-2-3-5-14(11)17(24)21-20-15-10-16(23)22(18(15)25)13-8-6-12(19)7-9-13/h2-9,15,20H,10H2,1H3,(H,21,24)/t15-/m0/s1. The topological polar surface area (TPSA) is 78.5 Å². The Kier molecular flexibility index (Phi) is 4.83. The molecule has 0 radical (unpaired) electrons. The number of hydrazine groups is 1. The number of imide groups is 1. The van der Waals surface area contributed by atoms with Gasteiger partial charge in [0.25, 0.3) is 11.8 Å². The van der Waals surface area contributed by atoms with Gasteiger partial charge in [-0.2, -0.15) is 0 Å². The predicted molar refractivity (Wildman–Crippen MR) is 94.1 cm³/mol. The number of carbonyl (C=O) groups is 3. The van der Waals surface area contributed by atoms with Gasteiger partial charge in [0.1, 0.15) is 6.04 Å². The second-order valence-electron chi connectivity index (χ2n) is 5.71. The van der Waals surface area contributed by atoms with Gasteiger partial charge in [0, 0.05) is 10.6 Å². The van der Waals surface area contributed by atoms with Crippen LogP contribution in [0.5, 0.6) is 0 Å². The van der Waals surface area contributed by atoms with Crippen LogP contribution in [0.1, 0.15) is 22.3 Å². The zero-order valence-corrected chi connectivity index (χ0v) is 14.2. The Labute approximate surface area is 149 Å². The minimum atomic E-state index is -0.809. The number of anilines is 1. The molecule has 0 saturated carbocycles. The van der Waals surface area contributed by atoms with E-state index in [1.807, 2.05) is 19.1 Å². The maximum Gasteiger partial charge on any atom is 0.265 e. The van der Waals surface area contributed by atoms with Crippen LogP contribution >= 0.6 is 11.6 Å². The molecule has 1 fully saturated rings. The van der Waals surface area contributed by atoms with Crippen LogP contribution < -0.4 is 15.8 Å². The quantitative estimate of drug-likeness (QED) is 0.649. The minimum Gasteiger partial charge on any atom is -0.287 e. The van der Waals surface area contributed by atoms with Crippen molar-refractivity contribution < 1.29 is 14.4 Å². The highest BCUT2D eigenvalue weighted by Crippen LogP contribution is 2.24. The molecular formula is C18H16ClN3O3. The number of aryl methyl sites for hydroxylation is 1. The summed E-state index contributed by atoms with van der Waals surface area (Å²) in [5.74, 6) is -1.12. The van der Waals surface area contributed by atoms with Crippen molar-refractivity contribution >= 4 is 35.0 Å². The minimum absolute atomic E-state index is 0.0322. The molecule has 7 heteroatoms. The van der Waals surface area contributed by atoms with Crippen molar-refractivity contribution in [2.45, 2.75) is 19.4 Å². The van der Waals surface area contributed by atoms with E-state index in [1.54, 1.807) is 36.4 Å². The fourth-order valence-electron chi connectivity index (χ4n) is 2.65. The van der Waals surface area contributed by atoms with Gasteiger partial charge in [0.05, 0.1) is 12.1 Å². The Morgan fingerprint density at radius 1 is 1.12 bits per heavy atom. The number of benzene rings is 2. The van der Waals surface area contributed by atoms with E-state index >= 15 is 0 Å². The molecule has 3 rings (SSSR count). The van der Waals surface area contributed by atoms with Gasteiger partial charge in [-0.3, -0.25) is 19.8 Å². The molecule has 3 amide bonds. The first-order chi connectivity index (χ1) is 12.0. The zero-order valence-electron chi connectivity index (χ0n) is 13.5. The number of rotatable bonds is 4. The highest BCUT2D eigenvalue weighted by molar-refractivity contribution is 6.30. The Balaban J connectivity index is 1.67. The summed E-state index contributed by atoms with van der Waals surface area (Å²) in [4.78, 5) is 37.9. The lowest BCUT2D eigenvalue weighted by molar-refractivity contribution is -0.121. The van der Waals surface area contributed by atoms with Crippen LogP contribution in [0.3, 0.4) is 0 Å². The molecule has 128 valence electrons. The number of hydrogen-bond donors (Lipinski definition) is 2. The number of hydrogen-bond acceptors (Lipinski definition) is 4. The van der Waals surface area contributed by atoms with Crippen LogP contribution in [-0.4, -0.2) is 23.8 Å². The van der Waals surface area contributed by atoms with Gasteiger partial charge in [0.15, 0.2) is 0 Å². The smallest absolute Gasteiger partial charge is 0.265 e. The zero-order chi connectivity index (χ0) is 18.0. The van der Waals surface area contributed by atoms with Gasteiger partial charge in [-0.1, -0.05) is 29.8 Å². The predicted octanol–water partition coefficient (Wildman–Crippen LogP) is 2.21. The summed E-state index contributed by atoms with van der Waals surface area (Å²) in [5, 5.41) is 0.517. The molecule has 1 heterocycles. The van der Waals surface area contributed by atoms with Crippen molar-refractivity contribution in [2.24, 2.45) is 0 Å². The molecule has 1 aliphatic heterocycles. The molecule has 25 heavy (non-hydrogen) atoms. The Morgan fingerprint density at radius 2 is 1.80 bits per heavy atom. The molecule has 2 aromatic carbocycles. The summed E-state index contributed by atoms with van der Waals surface area (Å²) in [7, 11) is 0. The first-order valence-corrected chi connectivity index (χ1v) is 8.09. The summed E-state index contributed by atoms with van der Waals surface area (Å²) in [6, 6.07) is 12.7. The van der Waals surface area contributed by atoms with E-state index in [-0.39, 0.29) is 18.2 Å². The second kappa shape index (κ2) is 7.04. The third kappa shape index (κ3) is 3.55. The highest BCUT2D eigenvalue weighted by Gasteiger charge is 2.39. The lowest BCUT2D eigenvalue weighted by atomic mass is 10.1. The van der Waals surface area contributed by atoms with Gasteiger partial charge >= 0.3 is 0 Å². The van der Waals surface area contributed by atoms with E-state index < -0.39 is 11.9 Å². The van der Waals surface area contributed by atoms with Gasteiger partial charge in [-0.25, -0.2) is 10.3 Å². The van der Waals surface area contributed by atoms with Crippen LogP contribution in [0.15, 0.2) is 48.5 Å². The summed E-state index contributed by atoms with van der Waals surface area (Å²) >= 11 is 5.83. The third-order valence-corrected chi connectivity index (χ3v) is 4.23. The fraction of sp³-hybridized carbons (Fsp3) is 0.167. The molecule has 0 bridgehead atoms. The lowest BCUT2D eigenvalue weighted by Crippen LogP contribution is -2.48. The van der Waals surface area contributed by atoms with Crippen LogP contribution in [0.4, 0.5) is 5.69 Å². The Morgan fingerprint density at radius 3 is 2.48 bits per heavy atom. The lowest BCUT2D eigenvalue weighted by Gasteiger charge is -2.16. The fourth-order valence-corrected chi connectivity index (χ4v) is 2.78. The SMILES string of the molecule is Cc1ccccc1C(=O)NN[C@H]1CC(=O)N(c2ccc(Cl)cc2)C1=O. The molecule has 0 aliphatic carbocycles. The average Bonchev–Trinajstić information content (AvgIpc) is 2.88. The van der Waals surface area contributed by atoms with Crippen molar-refractivity contribution in [3.8, 4) is 0 Å². The number of carbonyl (C=O) groups excluding carboxylic acids is 3. The van der Waals surface area contributed by atoms with Gasteiger partial charge in [-0.05, 0) is 42.8 Å². The molecular weight excluding hydrogens is 342 g/mol. The van der Waals surface area contributed by atoms with Gasteiger partial charge < -0.3 is 0 Å². The number of amides is 3. The molecule has 6 nitrogen and oxygen atoms in total. The molecule has 0 aromatic heterocycles. The van der Waals surface area contributed by atoms with Gasteiger partial charge in [0.2, 0.25) is 5.91 Å². The van der Waals surface area contributed by atoms with E-state index in [9.17, 15) is 14.4 Å². The normalized spacial score (nSPS) is 17.0. The van der Waals surface area contributed by atoms with Crippen molar-refractivity contribution in [1.29, 1.82) is 0 Å². The first-order valence-electron chi connectivity index (χ1n) is 7.71. The van der Waals surface area contributed by atoms with Gasteiger partial charge in [-0.15, -0.1) is 0 Å². The molecule has 0 unspecified atom stereocenters. The van der Waals surface area contributed by atoms with Crippen molar-refractivity contribution in [3.05, 3.63) is 64.7 Å². The van der Waals surface area contributed by atoms with E-state index in [0.717, 1.165) is 10.5 Å². The summed E-state index contributed by atoms with van der Waals surface area (Å²) in [5.41, 5.74) is 6.94. The summed E-state index contributed by atoms with van der Waals surface area (Å²) < 4.78 is 0. The Bertz CT molecular complexity index is 836. The Hall–Kier alpha value is -2.70. The number of halogens is 1. The molecule has 1 saturated heterocycles. The van der Waals surface area contributed by atoms with Crippen molar-refractivity contribution in [1.82, 2.24) is 10.9 Å². The molecule has 1 atom stereocenters. The average molecular weight is 358 g/mol. The van der Waals surface area contributed by atoms with Crippen LogP contribution in [0.2, 0.25) is 5.02 Å². The second-order valence-corrected chi connectivity index (χ2v) is 6.15. The van der Waals surface area contributed by atoms with Crippen molar-refractivity contribution in [2.75, 3.05) is 4.90 Å². The van der Waals surface area contributed by atoms with Crippen LogP contribution in [0.25, 0.3) is 0 Å². The molecule has 2 aromatic rings. The number of nitrogens with zero attached hydrogens (tertiary/aromatic N) is 1. The summed E-state index contributed by atoms with van der Waals surface area (Å²) in [6.07, 6.45) is -0.0322. The van der Waals surface area contributed by atoms with E-state index in [4.69, 9.17) is 11.6 Å². The van der Waals surface area contributed by atoms with E-state index in [0.29, 0.717) is 16.3 Å². The maximum absolute atomic E-state index is 12.5. The molecule has 1 aliphatic rings. The summed E-state index contributed by atoms with van der Waals surface area (Å²) in [6.45, 7) is 1.82. The monoisotopic (exact) mass is 357 g/mol. The van der Waals surface area contributed by atoms with Crippen LogP contribution in [0, 0.1) is 6.92 Å². The van der Waals surface area contributed by atoms with E-state index in [2.05, 4.69) is 10.9 Å². The van der Waals surface area contributed by atoms with E-state index in [1.165, 1.54) is 0 Å². The molecule has 0 spiro atoms. The third-order valence-electron chi connectivity index (χ3n) is 3.98. The number of nitrogens with one attached hydrogen (secondary N) is 2. The highest BCUT2D eigenvalue weighted by atomic mass is 35.5. The van der Waals surface area contributed by atoms with Crippen molar-refractivity contribution in [3.63, 3.8) is 0 Å². The first kappa shape index (κ1) is 17.1. The maximum atomic E-state index is 12.5. The largest absolute Gasteiger partial charge is 0.287 e.